The van der Waals surface area contributed by atoms with E-state index < -0.39 is 6.10 Å². The standard InChI is InChI=1S/C14H18ClNO3/c1-9(17)7-11-3-2-6-16(11)14(19)10-4-5-13(18)12(15)8-10/h4-5,8-9,11,17-18H,2-3,6-7H2,1H3. The number of rotatable bonds is 3. The molecular weight excluding hydrogens is 266 g/mol. The lowest BCUT2D eigenvalue weighted by Crippen LogP contribution is -2.37. The number of halogens is 1. The van der Waals surface area contributed by atoms with Crippen molar-refractivity contribution < 1.29 is 15.0 Å². The van der Waals surface area contributed by atoms with Crippen molar-refractivity contribution in [2.45, 2.75) is 38.3 Å². The third-order valence-corrected chi connectivity index (χ3v) is 3.75. The van der Waals surface area contributed by atoms with Gasteiger partial charge in [0.25, 0.3) is 5.91 Å². The minimum absolute atomic E-state index is 0.0276. The van der Waals surface area contributed by atoms with Crippen LogP contribution in [0.1, 0.15) is 36.5 Å². The van der Waals surface area contributed by atoms with E-state index in [-0.39, 0.29) is 22.7 Å². The van der Waals surface area contributed by atoms with E-state index in [1.165, 1.54) is 12.1 Å². The molecule has 4 nitrogen and oxygen atoms in total. The van der Waals surface area contributed by atoms with Gasteiger partial charge in [0.05, 0.1) is 11.1 Å². The number of aliphatic hydroxyl groups is 1. The first-order valence-corrected chi connectivity index (χ1v) is 6.84. The van der Waals surface area contributed by atoms with Crippen LogP contribution < -0.4 is 0 Å². The predicted octanol–water partition coefficient (Wildman–Crippen LogP) is 2.42. The van der Waals surface area contributed by atoms with Gasteiger partial charge in [-0.3, -0.25) is 4.79 Å². The summed E-state index contributed by atoms with van der Waals surface area (Å²) < 4.78 is 0. The van der Waals surface area contributed by atoms with E-state index in [1.54, 1.807) is 17.9 Å². The van der Waals surface area contributed by atoms with Crippen molar-refractivity contribution in [1.82, 2.24) is 4.90 Å². The molecule has 0 radical (unpaired) electrons. The second-order valence-electron chi connectivity index (χ2n) is 5.05. The molecular formula is C14H18ClNO3. The first-order chi connectivity index (χ1) is 8.99. The number of likely N-dealkylation sites (tertiary alicyclic amines) is 1. The van der Waals surface area contributed by atoms with Gasteiger partial charge in [0.2, 0.25) is 0 Å². The van der Waals surface area contributed by atoms with Crippen LogP contribution in [0.15, 0.2) is 18.2 Å². The van der Waals surface area contributed by atoms with Crippen LogP contribution in [0.4, 0.5) is 0 Å². The summed E-state index contributed by atoms with van der Waals surface area (Å²) in [5.74, 6) is -0.120. The average molecular weight is 284 g/mol. The summed E-state index contributed by atoms with van der Waals surface area (Å²) in [5, 5.41) is 19.0. The Balaban J connectivity index is 2.16. The van der Waals surface area contributed by atoms with Gasteiger partial charge in [0.15, 0.2) is 0 Å². The molecule has 1 amide bonds. The van der Waals surface area contributed by atoms with Crippen molar-refractivity contribution in [1.29, 1.82) is 0 Å². The minimum Gasteiger partial charge on any atom is -0.506 e. The molecule has 19 heavy (non-hydrogen) atoms. The Morgan fingerprint density at radius 3 is 2.95 bits per heavy atom. The van der Waals surface area contributed by atoms with Gasteiger partial charge in [0, 0.05) is 18.2 Å². The number of hydrogen-bond donors (Lipinski definition) is 2. The fourth-order valence-electron chi connectivity index (χ4n) is 2.55. The zero-order valence-electron chi connectivity index (χ0n) is 10.8. The van der Waals surface area contributed by atoms with Gasteiger partial charge in [-0.1, -0.05) is 11.6 Å². The summed E-state index contributed by atoms with van der Waals surface area (Å²) in [7, 11) is 0. The van der Waals surface area contributed by atoms with Gasteiger partial charge in [-0.15, -0.1) is 0 Å². The molecule has 1 aromatic rings. The van der Waals surface area contributed by atoms with Gasteiger partial charge >= 0.3 is 0 Å². The molecule has 5 heteroatoms. The number of aromatic hydroxyl groups is 1. The average Bonchev–Trinajstić information content (AvgIpc) is 2.79. The summed E-state index contributed by atoms with van der Waals surface area (Å²) in [5.41, 5.74) is 0.472. The number of phenolic OH excluding ortho intramolecular Hbond substituents is 1. The van der Waals surface area contributed by atoms with Crippen molar-refractivity contribution >= 4 is 17.5 Å². The van der Waals surface area contributed by atoms with Crippen LogP contribution in [-0.2, 0) is 0 Å². The SMILES string of the molecule is CC(O)CC1CCCN1C(=O)c1ccc(O)c(Cl)c1. The van der Waals surface area contributed by atoms with Crippen molar-refractivity contribution in [2.24, 2.45) is 0 Å². The van der Waals surface area contributed by atoms with Crippen molar-refractivity contribution in [3.8, 4) is 5.75 Å². The molecule has 2 rings (SSSR count). The van der Waals surface area contributed by atoms with Crippen LogP contribution in [0.25, 0.3) is 0 Å². The molecule has 104 valence electrons. The second kappa shape index (κ2) is 5.80. The molecule has 0 saturated carbocycles. The van der Waals surface area contributed by atoms with E-state index in [2.05, 4.69) is 0 Å². The first-order valence-electron chi connectivity index (χ1n) is 6.46. The molecule has 1 heterocycles. The quantitative estimate of drug-likeness (QED) is 0.896. The Kier molecular flexibility index (Phi) is 4.32. The normalized spacial score (nSPS) is 20.6. The van der Waals surface area contributed by atoms with Crippen molar-refractivity contribution in [3.05, 3.63) is 28.8 Å². The third kappa shape index (κ3) is 3.19. The summed E-state index contributed by atoms with van der Waals surface area (Å²) in [6, 6.07) is 4.56. The number of phenols is 1. The molecule has 2 atom stereocenters. The van der Waals surface area contributed by atoms with E-state index in [1.807, 2.05) is 0 Å². The van der Waals surface area contributed by atoms with Crippen LogP contribution >= 0.6 is 11.6 Å². The summed E-state index contributed by atoms with van der Waals surface area (Å²) >= 11 is 5.82. The summed E-state index contributed by atoms with van der Waals surface area (Å²) in [6.45, 7) is 2.44. The minimum atomic E-state index is -0.415. The van der Waals surface area contributed by atoms with E-state index in [4.69, 9.17) is 11.6 Å². The Labute approximate surface area is 117 Å². The second-order valence-corrected chi connectivity index (χ2v) is 5.45. The van der Waals surface area contributed by atoms with Gasteiger partial charge in [-0.05, 0) is 44.4 Å². The highest BCUT2D eigenvalue weighted by Gasteiger charge is 2.30. The number of amides is 1. The lowest BCUT2D eigenvalue weighted by molar-refractivity contribution is 0.0682. The molecule has 1 aliphatic rings. The largest absolute Gasteiger partial charge is 0.506 e. The first kappa shape index (κ1) is 14.2. The predicted molar refractivity (Wildman–Crippen MR) is 73.5 cm³/mol. The number of nitrogens with zero attached hydrogens (tertiary/aromatic N) is 1. The van der Waals surface area contributed by atoms with Crippen molar-refractivity contribution in [3.63, 3.8) is 0 Å². The molecule has 1 fully saturated rings. The highest BCUT2D eigenvalue weighted by atomic mass is 35.5. The van der Waals surface area contributed by atoms with Crippen LogP contribution in [-0.4, -0.2) is 39.7 Å². The van der Waals surface area contributed by atoms with Crippen LogP contribution in [0.2, 0.25) is 5.02 Å². The maximum absolute atomic E-state index is 12.4. The zero-order chi connectivity index (χ0) is 14.0. The lowest BCUT2D eigenvalue weighted by atomic mass is 10.1. The molecule has 0 aromatic heterocycles. The molecule has 2 N–H and O–H groups in total. The topological polar surface area (TPSA) is 60.8 Å². The number of carbonyl (C=O) groups excluding carboxylic acids is 1. The lowest BCUT2D eigenvalue weighted by Gasteiger charge is -2.25. The van der Waals surface area contributed by atoms with Gasteiger partial charge < -0.3 is 15.1 Å². The third-order valence-electron chi connectivity index (χ3n) is 3.45. The summed E-state index contributed by atoms with van der Waals surface area (Å²) in [4.78, 5) is 14.2. The monoisotopic (exact) mass is 283 g/mol. The number of aliphatic hydroxyl groups excluding tert-OH is 1. The fraction of sp³-hybridized carbons (Fsp3) is 0.500. The number of hydrogen-bond acceptors (Lipinski definition) is 3. The maximum Gasteiger partial charge on any atom is 0.254 e. The highest BCUT2D eigenvalue weighted by molar-refractivity contribution is 6.32. The molecule has 0 spiro atoms. The van der Waals surface area contributed by atoms with E-state index in [9.17, 15) is 15.0 Å². The number of benzene rings is 1. The van der Waals surface area contributed by atoms with Crippen molar-refractivity contribution in [2.75, 3.05) is 6.54 Å². The molecule has 1 aromatic carbocycles. The van der Waals surface area contributed by atoms with Gasteiger partial charge in [-0.25, -0.2) is 0 Å². The van der Waals surface area contributed by atoms with Gasteiger partial charge in [-0.2, -0.15) is 0 Å². The maximum atomic E-state index is 12.4. The molecule has 2 unspecified atom stereocenters. The molecule has 0 bridgehead atoms. The van der Waals surface area contributed by atoms with Crippen LogP contribution in [0.5, 0.6) is 5.75 Å². The Hall–Kier alpha value is -1.26. The Morgan fingerprint density at radius 2 is 2.32 bits per heavy atom. The Bertz CT molecular complexity index is 476. The zero-order valence-corrected chi connectivity index (χ0v) is 11.6. The van der Waals surface area contributed by atoms with E-state index in [0.717, 1.165) is 12.8 Å². The fourth-order valence-corrected chi connectivity index (χ4v) is 2.73. The highest BCUT2D eigenvalue weighted by Crippen LogP contribution is 2.27. The number of carbonyl (C=O) groups is 1. The Morgan fingerprint density at radius 1 is 1.58 bits per heavy atom. The smallest absolute Gasteiger partial charge is 0.254 e. The molecule has 1 saturated heterocycles. The molecule has 0 aliphatic carbocycles. The van der Waals surface area contributed by atoms with E-state index in [0.29, 0.717) is 18.5 Å². The summed E-state index contributed by atoms with van der Waals surface area (Å²) in [6.07, 6.45) is 2.05. The van der Waals surface area contributed by atoms with Gasteiger partial charge in [0.1, 0.15) is 5.75 Å². The van der Waals surface area contributed by atoms with E-state index >= 15 is 0 Å². The molecule has 1 aliphatic heterocycles. The van der Waals surface area contributed by atoms with Crippen LogP contribution in [0.3, 0.4) is 0 Å². The van der Waals surface area contributed by atoms with Crippen LogP contribution in [0, 0.1) is 0 Å².